The van der Waals surface area contributed by atoms with Crippen molar-refractivity contribution < 1.29 is 8.60 Å². The van der Waals surface area contributed by atoms with Crippen molar-refractivity contribution in [3.05, 3.63) is 29.6 Å². The summed E-state index contributed by atoms with van der Waals surface area (Å²) in [7, 11) is -0.985. The van der Waals surface area contributed by atoms with E-state index in [4.69, 9.17) is 5.73 Å². The second-order valence-corrected chi connectivity index (χ2v) is 4.69. The molecule has 0 aliphatic heterocycles. The highest BCUT2D eigenvalue weighted by Crippen LogP contribution is 2.16. The summed E-state index contributed by atoms with van der Waals surface area (Å²) in [5, 5.41) is 0. The molecule has 1 aromatic carbocycles. The molecule has 0 fully saturated rings. The van der Waals surface area contributed by atoms with E-state index in [1.807, 2.05) is 6.92 Å². The summed E-state index contributed by atoms with van der Waals surface area (Å²) >= 11 is 0. The van der Waals surface area contributed by atoms with Crippen LogP contribution in [0.15, 0.2) is 18.2 Å². The number of hydrogen-bond donors (Lipinski definition) is 1. The molecule has 0 aliphatic carbocycles. The molecule has 0 bridgehead atoms. The number of benzene rings is 1. The first kappa shape index (κ1) is 11.2. The maximum atomic E-state index is 13.3. The largest absolute Gasteiger partial charge is 0.396 e. The van der Waals surface area contributed by atoms with Gasteiger partial charge in [-0.1, -0.05) is 19.1 Å². The van der Waals surface area contributed by atoms with E-state index < -0.39 is 16.6 Å². The molecule has 0 aromatic heterocycles. The minimum absolute atomic E-state index is 0.121. The molecule has 0 saturated carbocycles. The Hall–Kier alpha value is -0.900. The zero-order chi connectivity index (χ0) is 10.6. The summed E-state index contributed by atoms with van der Waals surface area (Å²) in [5.41, 5.74) is 5.96. The third kappa shape index (κ3) is 2.80. The third-order valence-corrected chi connectivity index (χ3v) is 3.35. The Kier molecular flexibility index (Phi) is 4.07. The second-order valence-electron chi connectivity index (χ2n) is 3.11. The van der Waals surface area contributed by atoms with Crippen LogP contribution in [0.5, 0.6) is 0 Å². The Bertz CT molecular complexity index is 341. The average Bonchev–Trinajstić information content (AvgIpc) is 2.13. The van der Waals surface area contributed by atoms with E-state index in [1.54, 1.807) is 12.1 Å². The van der Waals surface area contributed by atoms with Crippen LogP contribution in [0.3, 0.4) is 0 Å². The van der Waals surface area contributed by atoms with Crippen molar-refractivity contribution in [3.8, 4) is 0 Å². The second kappa shape index (κ2) is 5.10. The van der Waals surface area contributed by atoms with Crippen molar-refractivity contribution in [1.29, 1.82) is 0 Å². The third-order valence-electron chi connectivity index (χ3n) is 1.86. The van der Waals surface area contributed by atoms with E-state index >= 15 is 0 Å². The molecule has 0 aliphatic rings. The highest BCUT2D eigenvalue weighted by Gasteiger charge is 2.08. The molecule has 0 radical (unpaired) electrons. The highest BCUT2D eigenvalue weighted by molar-refractivity contribution is 7.84. The Balaban J connectivity index is 2.76. The topological polar surface area (TPSA) is 43.1 Å². The zero-order valence-electron chi connectivity index (χ0n) is 8.13. The lowest BCUT2D eigenvalue weighted by Gasteiger charge is -2.04. The van der Waals surface area contributed by atoms with Crippen LogP contribution in [0.25, 0.3) is 0 Å². The predicted molar refractivity (Wildman–Crippen MR) is 57.8 cm³/mol. The summed E-state index contributed by atoms with van der Waals surface area (Å²) in [4.78, 5) is 0. The first-order valence-corrected chi connectivity index (χ1v) is 6.01. The van der Waals surface area contributed by atoms with E-state index in [9.17, 15) is 8.60 Å². The van der Waals surface area contributed by atoms with Gasteiger partial charge < -0.3 is 5.73 Å². The van der Waals surface area contributed by atoms with Crippen LogP contribution < -0.4 is 5.73 Å². The smallest absolute Gasteiger partial charge is 0.150 e. The van der Waals surface area contributed by atoms with Gasteiger partial charge in [0.2, 0.25) is 0 Å². The number of hydrogen-bond acceptors (Lipinski definition) is 2. The molecule has 2 N–H and O–H groups in total. The summed E-state index contributed by atoms with van der Waals surface area (Å²) < 4.78 is 24.7. The lowest BCUT2D eigenvalue weighted by atomic mass is 10.2. The van der Waals surface area contributed by atoms with E-state index in [1.165, 1.54) is 6.07 Å². The van der Waals surface area contributed by atoms with Crippen LogP contribution >= 0.6 is 0 Å². The van der Waals surface area contributed by atoms with Gasteiger partial charge in [-0.15, -0.1) is 0 Å². The first-order chi connectivity index (χ1) is 6.65. The van der Waals surface area contributed by atoms with E-state index in [0.717, 1.165) is 6.42 Å². The SMILES string of the molecule is CCCS(=O)Cc1cccc(N)c1F. The highest BCUT2D eigenvalue weighted by atomic mass is 32.2. The maximum Gasteiger partial charge on any atom is 0.150 e. The first-order valence-electron chi connectivity index (χ1n) is 4.53. The van der Waals surface area contributed by atoms with Gasteiger partial charge in [0.1, 0.15) is 5.82 Å². The molecule has 2 nitrogen and oxygen atoms in total. The zero-order valence-corrected chi connectivity index (χ0v) is 8.94. The summed E-state index contributed by atoms with van der Waals surface area (Å²) in [6.07, 6.45) is 0.844. The van der Waals surface area contributed by atoms with Crippen LogP contribution in [0.2, 0.25) is 0 Å². The van der Waals surface area contributed by atoms with Crippen molar-refractivity contribution in [2.45, 2.75) is 19.1 Å². The van der Waals surface area contributed by atoms with Crippen molar-refractivity contribution in [2.24, 2.45) is 0 Å². The fourth-order valence-electron chi connectivity index (χ4n) is 1.18. The monoisotopic (exact) mass is 215 g/mol. The number of nitrogens with two attached hydrogens (primary N) is 1. The number of halogens is 1. The van der Waals surface area contributed by atoms with Crippen molar-refractivity contribution >= 4 is 16.5 Å². The average molecular weight is 215 g/mol. The fourth-order valence-corrected chi connectivity index (χ4v) is 2.35. The maximum absolute atomic E-state index is 13.3. The Morgan fingerprint density at radius 2 is 2.21 bits per heavy atom. The van der Waals surface area contributed by atoms with Crippen LogP contribution in [-0.4, -0.2) is 9.96 Å². The van der Waals surface area contributed by atoms with Gasteiger partial charge >= 0.3 is 0 Å². The van der Waals surface area contributed by atoms with E-state index in [-0.39, 0.29) is 11.4 Å². The molecule has 0 heterocycles. The van der Waals surface area contributed by atoms with Gasteiger partial charge in [0.25, 0.3) is 0 Å². The summed E-state index contributed by atoms with van der Waals surface area (Å²) in [6, 6.07) is 4.80. The standard InChI is InChI=1S/C10H14FNOS/c1-2-6-14(13)7-8-4-3-5-9(12)10(8)11/h3-5H,2,6-7,12H2,1H3. The van der Waals surface area contributed by atoms with Crippen molar-refractivity contribution in [1.82, 2.24) is 0 Å². The molecule has 0 saturated heterocycles. The van der Waals surface area contributed by atoms with Crippen LogP contribution in [0.4, 0.5) is 10.1 Å². The minimum atomic E-state index is -0.985. The van der Waals surface area contributed by atoms with Gasteiger partial charge in [0, 0.05) is 22.1 Å². The molecule has 78 valence electrons. The summed E-state index contributed by atoms with van der Waals surface area (Å²) in [5.74, 6) is 0.427. The molecule has 14 heavy (non-hydrogen) atoms. The van der Waals surface area contributed by atoms with Gasteiger partial charge in [-0.2, -0.15) is 0 Å². The van der Waals surface area contributed by atoms with Crippen LogP contribution in [0.1, 0.15) is 18.9 Å². The van der Waals surface area contributed by atoms with Gasteiger partial charge in [0.15, 0.2) is 0 Å². The van der Waals surface area contributed by atoms with Crippen molar-refractivity contribution in [3.63, 3.8) is 0 Å². The molecule has 1 unspecified atom stereocenters. The number of nitrogen functional groups attached to an aromatic ring is 1. The van der Waals surface area contributed by atoms with Gasteiger partial charge in [0.05, 0.1) is 11.4 Å². The van der Waals surface area contributed by atoms with Crippen LogP contribution in [0, 0.1) is 5.82 Å². The van der Waals surface area contributed by atoms with Crippen LogP contribution in [-0.2, 0) is 16.6 Å². The molecular weight excluding hydrogens is 201 g/mol. The minimum Gasteiger partial charge on any atom is -0.396 e. The van der Waals surface area contributed by atoms with Gasteiger partial charge in [-0.05, 0) is 12.5 Å². The van der Waals surface area contributed by atoms with Crippen molar-refractivity contribution in [2.75, 3.05) is 11.5 Å². The quantitative estimate of drug-likeness (QED) is 0.781. The normalized spacial score (nSPS) is 12.7. The van der Waals surface area contributed by atoms with E-state index in [0.29, 0.717) is 11.3 Å². The Morgan fingerprint density at radius 1 is 1.50 bits per heavy atom. The molecule has 0 amide bonds. The van der Waals surface area contributed by atoms with E-state index in [2.05, 4.69) is 0 Å². The molecule has 4 heteroatoms. The lowest BCUT2D eigenvalue weighted by Crippen LogP contribution is -2.03. The Labute approximate surface area is 85.8 Å². The summed E-state index contributed by atoms with van der Waals surface area (Å²) in [6.45, 7) is 1.95. The molecule has 0 spiro atoms. The molecule has 1 atom stereocenters. The van der Waals surface area contributed by atoms with Gasteiger partial charge in [-0.25, -0.2) is 4.39 Å². The molecule has 1 aromatic rings. The molecule has 1 rings (SSSR count). The molecular formula is C10H14FNOS. The van der Waals surface area contributed by atoms with Gasteiger partial charge in [-0.3, -0.25) is 4.21 Å². The lowest BCUT2D eigenvalue weighted by molar-refractivity contribution is 0.619. The Morgan fingerprint density at radius 3 is 2.86 bits per heavy atom. The number of rotatable bonds is 4. The fraction of sp³-hybridized carbons (Fsp3) is 0.400. The predicted octanol–water partition coefficient (Wildman–Crippen LogP) is 2.07. The number of anilines is 1.